The van der Waals surface area contributed by atoms with Crippen LogP contribution in [0, 0.1) is 0 Å². The highest BCUT2D eigenvalue weighted by Crippen LogP contribution is 2.41. The summed E-state index contributed by atoms with van der Waals surface area (Å²) in [7, 11) is -2.76. The third kappa shape index (κ3) is 4.27. The van der Waals surface area contributed by atoms with Gasteiger partial charge in [0.1, 0.15) is 0 Å². The normalized spacial score (nSPS) is 25.9. The van der Waals surface area contributed by atoms with Crippen LogP contribution in [0.25, 0.3) is 0 Å². The van der Waals surface area contributed by atoms with Gasteiger partial charge in [-0.3, -0.25) is 0 Å². The monoisotopic (exact) mass is 427 g/mol. The molecule has 2 aliphatic rings. The summed E-state index contributed by atoms with van der Waals surface area (Å²) in [4.78, 5) is 0.674. The lowest BCUT2D eigenvalue weighted by Crippen LogP contribution is -2.39. The number of piperidine rings is 1. The first-order valence-electron chi connectivity index (χ1n) is 9.05. The van der Waals surface area contributed by atoms with E-state index in [0.29, 0.717) is 6.42 Å². The molecule has 0 aromatic heterocycles. The number of halogens is 5. The van der Waals surface area contributed by atoms with Gasteiger partial charge >= 0.3 is 6.18 Å². The predicted octanol–water partition coefficient (Wildman–Crippen LogP) is 4.28. The largest absolute Gasteiger partial charge is 0.417 e. The third-order valence-electron chi connectivity index (χ3n) is 5.54. The maximum absolute atomic E-state index is 13.7. The first kappa shape index (κ1) is 21.3. The van der Waals surface area contributed by atoms with E-state index < -0.39 is 50.5 Å². The van der Waals surface area contributed by atoms with E-state index >= 15 is 0 Å². The van der Waals surface area contributed by atoms with E-state index in [1.165, 1.54) is 18.1 Å². The van der Waals surface area contributed by atoms with Crippen molar-refractivity contribution in [2.75, 3.05) is 25.1 Å². The Hall–Kier alpha value is -1.42. The predicted molar refractivity (Wildman–Crippen MR) is 93.5 cm³/mol. The fourth-order valence-corrected chi connectivity index (χ4v) is 5.86. The van der Waals surface area contributed by atoms with Crippen LogP contribution in [-0.4, -0.2) is 45.9 Å². The molecule has 2 atom stereocenters. The molecular formula is C18H22F5NO3S. The number of nitrogens with zero attached hydrogens (tertiary/aromatic N) is 1. The Labute approximate surface area is 160 Å². The van der Waals surface area contributed by atoms with Crippen molar-refractivity contribution in [2.24, 2.45) is 0 Å². The van der Waals surface area contributed by atoms with Crippen molar-refractivity contribution in [1.82, 2.24) is 0 Å². The van der Waals surface area contributed by atoms with E-state index in [2.05, 4.69) is 0 Å². The molecule has 1 aromatic rings. The number of ether oxygens (including phenoxy) is 1. The van der Waals surface area contributed by atoms with Crippen LogP contribution < -0.4 is 4.90 Å². The maximum atomic E-state index is 13.7. The van der Waals surface area contributed by atoms with Gasteiger partial charge in [0.15, 0.2) is 9.84 Å². The van der Waals surface area contributed by atoms with Crippen molar-refractivity contribution < 1.29 is 35.1 Å². The van der Waals surface area contributed by atoms with Gasteiger partial charge in [-0.25, -0.2) is 17.2 Å². The number of methoxy groups -OCH3 is 1. The van der Waals surface area contributed by atoms with E-state index in [1.807, 2.05) is 0 Å². The molecule has 0 spiro atoms. The SMILES string of the molecule is CO[C@@H]1CC[C@@H](S(=O)(=O)c2ccc(N3CCC(F)(F)CC3)cc2C(F)(F)F)C1. The molecule has 1 heterocycles. The fraction of sp³-hybridized carbons (Fsp3) is 0.667. The highest BCUT2D eigenvalue weighted by molar-refractivity contribution is 7.92. The Kier molecular flexibility index (Phi) is 5.66. The van der Waals surface area contributed by atoms with Crippen molar-refractivity contribution in [2.45, 2.75) is 60.5 Å². The van der Waals surface area contributed by atoms with Crippen molar-refractivity contribution in [3.63, 3.8) is 0 Å². The standard InChI is InChI=1S/C18H22F5NO3S/c1-27-13-3-4-14(11-13)28(25,26)16-5-2-12(10-15(16)18(21,22)23)24-8-6-17(19,20)7-9-24/h2,5,10,13-14H,3-4,6-9,11H2,1H3/t13-,14-/m1/s1. The van der Waals surface area contributed by atoms with Crippen molar-refractivity contribution in [1.29, 1.82) is 0 Å². The molecule has 3 rings (SSSR count). The quantitative estimate of drug-likeness (QED) is 0.673. The number of rotatable bonds is 4. The molecule has 158 valence electrons. The Morgan fingerprint density at radius 2 is 1.79 bits per heavy atom. The lowest BCUT2D eigenvalue weighted by molar-refractivity contribution is -0.139. The van der Waals surface area contributed by atoms with Gasteiger partial charge in [0.05, 0.1) is 21.8 Å². The zero-order valence-corrected chi connectivity index (χ0v) is 16.1. The molecular weight excluding hydrogens is 405 g/mol. The van der Waals surface area contributed by atoms with Gasteiger partial charge in [-0.05, 0) is 37.5 Å². The first-order chi connectivity index (χ1) is 12.9. The van der Waals surface area contributed by atoms with Crippen LogP contribution in [0.4, 0.5) is 27.6 Å². The van der Waals surface area contributed by atoms with Gasteiger partial charge < -0.3 is 9.64 Å². The molecule has 1 aliphatic carbocycles. The second-order valence-corrected chi connectivity index (χ2v) is 9.56. The van der Waals surface area contributed by atoms with Gasteiger partial charge in [0, 0.05) is 38.7 Å². The van der Waals surface area contributed by atoms with Crippen molar-refractivity contribution >= 4 is 15.5 Å². The Balaban J connectivity index is 1.94. The van der Waals surface area contributed by atoms with Crippen LogP contribution in [0.15, 0.2) is 23.1 Å². The van der Waals surface area contributed by atoms with E-state index in [9.17, 15) is 30.4 Å². The summed E-state index contributed by atoms with van der Waals surface area (Å²) < 4.78 is 98.5. The molecule has 1 saturated heterocycles. The molecule has 4 nitrogen and oxygen atoms in total. The Morgan fingerprint density at radius 1 is 1.14 bits per heavy atom. The minimum absolute atomic E-state index is 0.0888. The number of hydrogen-bond donors (Lipinski definition) is 0. The van der Waals surface area contributed by atoms with Crippen LogP contribution in [0.1, 0.15) is 37.7 Å². The number of hydrogen-bond acceptors (Lipinski definition) is 4. The number of anilines is 1. The molecule has 1 saturated carbocycles. The zero-order chi connectivity index (χ0) is 20.7. The van der Waals surface area contributed by atoms with E-state index in [-0.39, 0.29) is 37.7 Å². The van der Waals surface area contributed by atoms with Crippen molar-refractivity contribution in [3.05, 3.63) is 23.8 Å². The summed E-state index contributed by atoms with van der Waals surface area (Å²) in [5.74, 6) is -2.83. The van der Waals surface area contributed by atoms with Crippen LogP contribution in [0.5, 0.6) is 0 Å². The highest BCUT2D eigenvalue weighted by atomic mass is 32.2. The first-order valence-corrected chi connectivity index (χ1v) is 10.6. The van der Waals surface area contributed by atoms with Gasteiger partial charge in [-0.2, -0.15) is 13.2 Å². The molecule has 1 aromatic carbocycles. The van der Waals surface area contributed by atoms with Crippen LogP contribution in [0.2, 0.25) is 0 Å². The molecule has 2 fully saturated rings. The minimum Gasteiger partial charge on any atom is -0.381 e. The van der Waals surface area contributed by atoms with Crippen LogP contribution in [-0.2, 0) is 20.8 Å². The minimum atomic E-state index is -4.88. The highest BCUT2D eigenvalue weighted by Gasteiger charge is 2.43. The molecule has 10 heteroatoms. The molecule has 0 N–H and O–H groups in total. The van der Waals surface area contributed by atoms with E-state index in [1.54, 1.807) is 0 Å². The Bertz CT molecular complexity index is 815. The second-order valence-electron chi connectivity index (χ2n) is 7.36. The lowest BCUT2D eigenvalue weighted by Gasteiger charge is -2.34. The fourth-order valence-electron chi connectivity index (χ4n) is 3.85. The average Bonchev–Trinajstić information content (AvgIpc) is 3.10. The molecule has 0 radical (unpaired) electrons. The summed E-state index contributed by atoms with van der Waals surface area (Å²) in [6.07, 6.45) is -5.20. The van der Waals surface area contributed by atoms with Crippen molar-refractivity contribution in [3.8, 4) is 0 Å². The summed E-state index contributed by atoms with van der Waals surface area (Å²) in [6, 6.07) is 2.99. The van der Waals surface area contributed by atoms with Gasteiger partial charge in [-0.15, -0.1) is 0 Å². The maximum Gasteiger partial charge on any atom is 0.417 e. The Morgan fingerprint density at radius 3 is 2.32 bits per heavy atom. The molecule has 0 amide bonds. The molecule has 0 bridgehead atoms. The smallest absolute Gasteiger partial charge is 0.381 e. The molecule has 0 unspecified atom stereocenters. The van der Waals surface area contributed by atoms with Gasteiger partial charge in [-0.1, -0.05) is 0 Å². The van der Waals surface area contributed by atoms with Gasteiger partial charge in [0.2, 0.25) is 0 Å². The number of sulfone groups is 1. The number of alkyl halides is 5. The summed E-state index contributed by atoms with van der Waals surface area (Å²) in [5, 5.41) is -0.932. The second kappa shape index (κ2) is 7.44. The topological polar surface area (TPSA) is 46.6 Å². The molecule has 1 aliphatic heterocycles. The average molecular weight is 427 g/mol. The van der Waals surface area contributed by atoms with Gasteiger partial charge in [0.25, 0.3) is 5.92 Å². The number of benzene rings is 1. The summed E-state index contributed by atoms with van der Waals surface area (Å²) in [6.45, 7) is -0.178. The van der Waals surface area contributed by atoms with Crippen LogP contribution in [0.3, 0.4) is 0 Å². The van der Waals surface area contributed by atoms with E-state index in [0.717, 1.165) is 12.1 Å². The van der Waals surface area contributed by atoms with Crippen LogP contribution >= 0.6 is 0 Å². The third-order valence-corrected chi connectivity index (χ3v) is 7.82. The summed E-state index contributed by atoms with van der Waals surface area (Å²) in [5.41, 5.74) is -1.15. The molecule has 28 heavy (non-hydrogen) atoms. The lowest BCUT2D eigenvalue weighted by atomic mass is 10.1. The van der Waals surface area contributed by atoms with E-state index in [4.69, 9.17) is 4.74 Å². The summed E-state index contributed by atoms with van der Waals surface area (Å²) >= 11 is 0. The zero-order valence-electron chi connectivity index (χ0n) is 15.3.